The third kappa shape index (κ3) is 2.98. The van der Waals surface area contributed by atoms with Gasteiger partial charge in [-0.05, 0) is 25.2 Å². The fraction of sp³-hybridized carbons (Fsp3) is 0.750. The highest BCUT2D eigenvalue weighted by Crippen LogP contribution is 2.25. The van der Waals surface area contributed by atoms with Gasteiger partial charge in [0.15, 0.2) is 5.75 Å². The molecule has 15 heavy (non-hydrogen) atoms. The summed E-state index contributed by atoms with van der Waals surface area (Å²) < 4.78 is 1.82. The van der Waals surface area contributed by atoms with E-state index in [0.29, 0.717) is 11.7 Å². The first-order chi connectivity index (χ1) is 7.06. The van der Waals surface area contributed by atoms with Gasteiger partial charge in [-0.3, -0.25) is 4.68 Å². The molecule has 0 saturated carbocycles. The van der Waals surface area contributed by atoms with E-state index in [1.807, 2.05) is 11.7 Å². The van der Waals surface area contributed by atoms with Gasteiger partial charge in [0.25, 0.3) is 0 Å². The summed E-state index contributed by atoms with van der Waals surface area (Å²) in [7, 11) is 1.91. The van der Waals surface area contributed by atoms with Crippen LogP contribution in [-0.4, -0.2) is 14.9 Å². The molecule has 1 N–H and O–H groups in total. The van der Waals surface area contributed by atoms with Crippen LogP contribution in [0.15, 0.2) is 0 Å². The lowest BCUT2D eigenvalue weighted by Gasteiger charge is -2.01. The lowest BCUT2D eigenvalue weighted by atomic mass is 10.1. The predicted molar refractivity (Wildman–Crippen MR) is 62.0 cm³/mol. The van der Waals surface area contributed by atoms with Gasteiger partial charge in [0.05, 0.1) is 5.69 Å². The Morgan fingerprint density at radius 2 is 2.07 bits per heavy atom. The van der Waals surface area contributed by atoms with Crippen LogP contribution < -0.4 is 0 Å². The molecule has 86 valence electrons. The molecule has 0 aliphatic heterocycles. The van der Waals surface area contributed by atoms with Crippen LogP contribution in [0, 0.1) is 5.92 Å². The summed E-state index contributed by atoms with van der Waals surface area (Å²) in [5.41, 5.74) is 1.83. The van der Waals surface area contributed by atoms with Crippen LogP contribution in [0.4, 0.5) is 0 Å². The highest BCUT2D eigenvalue weighted by molar-refractivity contribution is 5.32. The third-order valence-corrected chi connectivity index (χ3v) is 2.58. The van der Waals surface area contributed by atoms with Gasteiger partial charge >= 0.3 is 0 Å². The molecule has 0 atom stereocenters. The second-order valence-corrected chi connectivity index (χ2v) is 4.57. The van der Waals surface area contributed by atoms with Crippen molar-refractivity contribution in [1.82, 2.24) is 9.78 Å². The van der Waals surface area contributed by atoms with Crippen LogP contribution in [0.5, 0.6) is 5.75 Å². The lowest BCUT2D eigenvalue weighted by molar-refractivity contribution is 0.453. The Balaban J connectivity index is 2.83. The molecule has 0 bridgehead atoms. The maximum Gasteiger partial charge on any atom is 0.160 e. The van der Waals surface area contributed by atoms with Gasteiger partial charge in [-0.1, -0.05) is 27.2 Å². The molecule has 0 radical (unpaired) electrons. The molecule has 3 nitrogen and oxygen atoms in total. The number of nitrogens with zero attached hydrogens (tertiary/aromatic N) is 2. The van der Waals surface area contributed by atoms with Gasteiger partial charge in [-0.25, -0.2) is 0 Å². The summed E-state index contributed by atoms with van der Waals surface area (Å²) in [6, 6.07) is 0. The predicted octanol–water partition coefficient (Wildman–Crippen LogP) is 2.67. The first-order valence-corrected chi connectivity index (χ1v) is 5.80. The SMILES string of the molecule is CCCCc1c(O)c(CC(C)C)nn1C. The van der Waals surface area contributed by atoms with E-state index in [1.54, 1.807) is 0 Å². The first-order valence-electron chi connectivity index (χ1n) is 5.80. The molecule has 1 rings (SSSR count). The van der Waals surface area contributed by atoms with E-state index in [2.05, 4.69) is 25.9 Å². The quantitative estimate of drug-likeness (QED) is 0.811. The van der Waals surface area contributed by atoms with Gasteiger partial charge in [0.1, 0.15) is 5.69 Å². The highest BCUT2D eigenvalue weighted by atomic mass is 16.3. The van der Waals surface area contributed by atoms with Crippen molar-refractivity contribution < 1.29 is 5.11 Å². The average Bonchev–Trinajstić information content (AvgIpc) is 2.39. The number of aromatic nitrogens is 2. The normalized spacial score (nSPS) is 11.3. The van der Waals surface area contributed by atoms with Crippen LogP contribution >= 0.6 is 0 Å². The van der Waals surface area contributed by atoms with Crippen LogP contribution in [-0.2, 0) is 19.9 Å². The molecule has 3 heteroatoms. The molecule has 0 aliphatic carbocycles. The van der Waals surface area contributed by atoms with E-state index in [0.717, 1.165) is 37.1 Å². The maximum atomic E-state index is 10.0. The standard InChI is InChI=1S/C12H22N2O/c1-5-6-7-11-12(15)10(8-9(2)3)13-14(11)4/h9,15H,5-8H2,1-4H3. The van der Waals surface area contributed by atoms with E-state index in [9.17, 15) is 5.11 Å². The lowest BCUT2D eigenvalue weighted by Crippen LogP contribution is -1.99. The van der Waals surface area contributed by atoms with Crippen LogP contribution in [0.2, 0.25) is 0 Å². The van der Waals surface area contributed by atoms with Crippen molar-refractivity contribution in [3.05, 3.63) is 11.4 Å². The van der Waals surface area contributed by atoms with E-state index in [1.165, 1.54) is 0 Å². The second-order valence-electron chi connectivity index (χ2n) is 4.57. The Kier molecular flexibility index (Phi) is 4.18. The van der Waals surface area contributed by atoms with Crippen molar-refractivity contribution in [3.63, 3.8) is 0 Å². The summed E-state index contributed by atoms with van der Waals surface area (Å²) in [6.07, 6.45) is 4.02. The topological polar surface area (TPSA) is 38.1 Å². The Bertz CT molecular complexity index is 316. The summed E-state index contributed by atoms with van der Waals surface area (Å²) in [5.74, 6) is 0.949. The van der Waals surface area contributed by atoms with E-state index in [-0.39, 0.29) is 0 Å². The van der Waals surface area contributed by atoms with E-state index < -0.39 is 0 Å². The number of hydrogen-bond acceptors (Lipinski definition) is 2. The maximum absolute atomic E-state index is 10.0. The minimum Gasteiger partial charge on any atom is -0.504 e. The molecule has 0 fully saturated rings. The van der Waals surface area contributed by atoms with Crippen LogP contribution in [0.3, 0.4) is 0 Å². The van der Waals surface area contributed by atoms with Crippen molar-refractivity contribution in [1.29, 1.82) is 0 Å². The Hall–Kier alpha value is -0.990. The zero-order chi connectivity index (χ0) is 11.4. The summed E-state index contributed by atoms with van der Waals surface area (Å²) in [4.78, 5) is 0. The molecule has 0 saturated heterocycles. The van der Waals surface area contributed by atoms with Crippen LogP contribution in [0.25, 0.3) is 0 Å². The van der Waals surface area contributed by atoms with E-state index >= 15 is 0 Å². The molecule has 0 amide bonds. The number of aromatic hydroxyl groups is 1. The molecule has 1 heterocycles. The van der Waals surface area contributed by atoms with Gasteiger partial charge in [0, 0.05) is 7.05 Å². The van der Waals surface area contributed by atoms with E-state index in [4.69, 9.17) is 0 Å². The highest BCUT2D eigenvalue weighted by Gasteiger charge is 2.15. The zero-order valence-electron chi connectivity index (χ0n) is 10.2. The summed E-state index contributed by atoms with van der Waals surface area (Å²) >= 11 is 0. The molecule has 0 unspecified atom stereocenters. The fourth-order valence-electron chi connectivity index (χ4n) is 1.76. The van der Waals surface area contributed by atoms with Crippen molar-refractivity contribution in [2.24, 2.45) is 13.0 Å². The third-order valence-electron chi connectivity index (χ3n) is 2.58. The molecule has 0 aromatic carbocycles. The minimum atomic E-state index is 0.416. The smallest absolute Gasteiger partial charge is 0.160 e. The van der Waals surface area contributed by atoms with Gasteiger partial charge < -0.3 is 5.11 Å². The Morgan fingerprint density at radius 3 is 2.60 bits per heavy atom. The van der Waals surface area contributed by atoms with Gasteiger partial charge in [-0.15, -0.1) is 0 Å². The molecular weight excluding hydrogens is 188 g/mol. The van der Waals surface area contributed by atoms with Crippen molar-refractivity contribution >= 4 is 0 Å². The van der Waals surface area contributed by atoms with Crippen molar-refractivity contribution in [2.45, 2.75) is 46.5 Å². The van der Waals surface area contributed by atoms with Crippen molar-refractivity contribution in [2.75, 3.05) is 0 Å². The summed E-state index contributed by atoms with van der Waals surface area (Å²) in [5, 5.41) is 14.4. The van der Waals surface area contributed by atoms with Gasteiger partial charge in [0.2, 0.25) is 0 Å². The molecule has 0 spiro atoms. The van der Waals surface area contributed by atoms with Crippen molar-refractivity contribution in [3.8, 4) is 5.75 Å². The van der Waals surface area contributed by atoms with Gasteiger partial charge in [-0.2, -0.15) is 5.10 Å². The number of rotatable bonds is 5. The average molecular weight is 210 g/mol. The number of hydrogen-bond donors (Lipinski definition) is 1. The largest absolute Gasteiger partial charge is 0.504 e. The Labute approximate surface area is 92.1 Å². The number of aryl methyl sites for hydroxylation is 1. The zero-order valence-corrected chi connectivity index (χ0v) is 10.2. The Morgan fingerprint density at radius 1 is 1.40 bits per heavy atom. The fourth-order valence-corrected chi connectivity index (χ4v) is 1.76. The molecule has 1 aromatic rings. The first kappa shape index (κ1) is 12.1. The second kappa shape index (κ2) is 5.19. The molecule has 0 aliphatic rings. The number of unbranched alkanes of at least 4 members (excludes halogenated alkanes) is 1. The minimum absolute atomic E-state index is 0.416. The summed E-state index contributed by atoms with van der Waals surface area (Å²) in [6.45, 7) is 6.43. The van der Waals surface area contributed by atoms with Crippen LogP contribution in [0.1, 0.15) is 45.0 Å². The molecular formula is C12H22N2O. The molecule has 1 aromatic heterocycles. The monoisotopic (exact) mass is 210 g/mol.